The van der Waals surface area contributed by atoms with Crippen LogP contribution in [0.2, 0.25) is 0 Å². The molecule has 5 amide bonds. The minimum atomic E-state index is -1.64. The third kappa shape index (κ3) is 8.47. The molecule has 242 valence electrons. The van der Waals surface area contributed by atoms with E-state index in [9.17, 15) is 33.9 Å². The molecule has 4 atom stereocenters. The van der Waals surface area contributed by atoms with Gasteiger partial charge in [0.2, 0.25) is 29.5 Å². The largest absolute Gasteiger partial charge is 0.480 e. The van der Waals surface area contributed by atoms with E-state index in [0.717, 1.165) is 21.8 Å². The summed E-state index contributed by atoms with van der Waals surface area (Å²) in [5.41, 5.74) is 19.2. The zero-order chi connectivity index (χ0) is 33.4. The van der Waals surface area contributed by atoms with Gasteiger partial charge in [-0.2, -0.15) is 0 Å². The summed E-state index contributed by atoms with van der Waals surface area (Å²) < 4.78 is 0. The van der Waals surface area contributed by atoms with E-state index in [1.165, 1.54) is 0 Å². The van der Waals surface area contributed by atoms with E-state index in [4.69, 9.17) is 17.2 Å². The number of aromatic amines is 2. The Kier molecular flexibility index (Phi) is 10.7. The van der Waals surface area contributed by atoms with Crippen LogP contribution < -0.4 is 33.2 Å². The molecule has 15 heteroatoms. The number of hydrogen-bond acceptors (Lipinski definition) is 7. The molecule has 15 nitrogen and oxygen atoms in total. The summed E-state index contributed by atoms with van der Waals surface area (Å²) in [7, 11) is 0. The molecule has 0 saturated carbocycles. The fourth-order valence-electron chi connectivity index (χ4n) is 5.11. The van der Waals surface area contributed by atoms with Crippen LogP contribution >= 0.6 is 0 Å². The molecule has 0 radical (unpaired) electrons. The van der Waals surface area contributed by atoms with E-state index < -0.39 is 66.1 Å². The quantitative estimate of drug-likeness (QED) is 0.0771. The number of carboxylic acid groups (broad SMARTS) is 1. The zero-order valence-electron chi connectivity index (χ0n) is 24.7. The monoisotopic (exact) mass is 632 g/mol. The van der Waals surface area contributed by atoms with Gasteiger partial charge < -0.3 is 48.2 Å². The van der Waals surface area contributed by atoms with E-state index in [1.54, 1.807) is 18.5 Å². The van der Waals surface area contributed by atoms with Gasteiger partial charge in [0.15, 0.2) is 0 Å². The number of nitrogens with two attached hydrogens (primary N) is 3. The maximum absolute atomic E-state index is 13.9. The minimum absolute atomic E-state index is 0.00895. The summed E-state index contributed by atoms with van der Waals surface area (Å²) in [5, 5.41) is 18.7. The molecule has 0 bridgehead atoms. The Morgan fingerprint density at radius 3 is 1.59 bits per heavy atom. The van der Waals surface area contributed by atoms with Gasteiger partial charge >= 0.3 is 5.97 Å². The van der Waals surface area contributed by atoms with E-state index in [1.807, 2.05) is 42.5 Å². The first-order valence-electron chi connectivity index (χ1n) is 14.5. The number of hydrogen-bond donors (Lipinski definition) is 9. The third-order valence-electron chi connectivity index (χ3n) is 7.52. The maximum Gasteiger partial charge on any atom is 0.326 e. The first-order chi connectivity index (χ1) is 21.9. The second-order valence-corrected chi connectivity index (χ2v) is 10.9. The lowest BCUT2D eigenvalue weighted by atomic mass is 10.0. The van der Waals surface area contributed by atoms with E-state index in [2.05, 4.69) is 25.9 Å². The molecule has 0 saturated heterocycles. The average molecular weight is 633 g/mol. The van der Waals surface area contributed by atoms with Crippen molar-refractivity contribution in [1.29, 1.82) is 0 Å². The molecule has 0 fully saturated rings. The van der Waals surface area contributed by atoms with Gasteiger partial charge in [0, 0.05) is 53.5 Å². The van der Waals surface area contributed by atoms with Crippen molar-refractivity contribution >= 4 is 57.3 Å². The second kappa shape index (κ2) is 14.9. The van der Waals surface area contributed by atoms with Crippen LogP contribution in [0.1, 0.15) is 30.4 Å². The van der Waals surface area contributed by atoms with Gasteiger partial charge in [-0.05, 0) is 29.7 Å². The summed E-state index contributed by atoms with van der Waals surface area (Å²) in [6, 6.07) is 9.23. The van der Waals surface area contributed by atoms with Gasteiger partial charge in [-0.15, -0.1) is 0 Å². The highest BCUT2D eigenvalue weighted by atomic mass is 16.4. The standard InChI is InChI=1S/C31H36N8O7/c32-20(9-10-26(33)40)28(42)37-23(11-16-14-35-21-7-3-1-5-18(16)21)29(43)38-24(30(44)39-25(31(45)46)13-27(34)41)12-17-15-36-22-8-4-2-6-19(17)22/h1-8,14-15,20,23-25,35-36H,9-13,32H2,(H2,33,40)(H2,34,41)(H,37,42)(H,38,43)(H,39,44)(H,45,46). The molecule has 0 aliphatic rings. The van der Waals surface area contributed by atoms with Gasteiger partial charge in [-0.3, -0.25) is 24.0 Å². The maximum atomic E-state index is 13.9. The van der Waals surface area contributed by atoms with Crippen LogP contribution in [0, 0.1) is 0 Å². The topological polar surface area (TPSA) is 268 Å². The number of carboxylic acids is 1. The van der Waals surface area contributed by atoms with Crippen LogP contribution in [0.5, 0.6) is 0 Å². The Hall–Kier alpha value is -5.70. The number of aromatic nitrogens is 2. The fourth-order valence-corrected chi connectivity index (χ4v) is 5.11. The molecule has 4 rings (SSSR count). The number of aliphatic carboxylic acids is 1. The van der Waals surface area contributed by atoms with Crippen molar-refractivity contribution in [2.45, 2.75) is 56.3 Å². The highest BCUT2D eigenvalue weighted by Crippen LogP contribution is 2.21. The smallest absolute Gasteiger partial charge is 0.326 e. The van der Waals surface area contributed by atoms with Gasteiger partial charge in [0.05, 0.1) is 12.5 Å². The number of carbonyl (C=O) groups is 6. The molecule has 2 aromatic heterocycles. The molecule has 2 heterocycles. The Bertz CT molecular complexity index is 1760. The van der Waals surface area contributed by atoms with Gasteiger partial charge in [0.25, 0.3) is 0 Å². The number of para-hydroxylation sites is 2. The van der Waals surface area contributed by atoms with Crippen LogP contribution in [0.4, 0.5) is 0 Å². The number of carbonyl (C=O) groups excluding carboxylic acids is 5. The van der Waals surface area contributed by atoms with Crippen molar-refractivity contribution in [2.75, 3.05) is 0 Å². The van der Waals surface area contributed by atoms with Crippen LogP contribution in [0.15, 0.2) is 60.9 Å². The first kappa shape index (κ1) is 33.2. The molecular weight excluding hydrogens is 596 g/mol. The van der Waals surface area contributed by atoms with Crippen molar-refractivity contribution in [3.05, 3.63) is 72.1 Å². The Balaban J connectivity index is 1.64. The highest BCUT2D eigenvalue weighted by molar-refractivity contribution is 5.96. The number of benzene rings is 2. The second-order valence-electron chi connectivity index (χ2n) is 10.9. The zero-order valence-corrected chi connectivity index (χ0v) is 24.7. The van der Waals surface area contributed by atoms with Crippen LogP contribution in [-0.4, -0.2) is 74.7 Å². The summed E-state index contributed by atoms with van der Waals surface area (Å²) in [6.07, 6.45) is 2.42. The van der Waals surface area contributed by atoms with Crippen molar-refractivity contribution in [1.82, 2.24) is 25.9 Å². The molecule has 12 N–H and O–H groups in total. The third-order valence-corrected chi connectivity index (χ3v) is 7.52. The number of nitrogens with one attached hydrogen (secondary N) is 5. The number of amides is 5. The van der Waals surface area contributed by atoms with Gasteiger partial charge in [-0.1, -0.05) is 36.4 Å². The molecule has 4 aromatic rings. The van der Waals surface area contributed by atoms with Crippen LogP contribution in [-0.2, 0) is 41.6 Å². The number of rotatable bonds is 16. The van der Waals surface area contributed by atoms with E-state index in [-0.39, 0.29) is 25.7 Å². The van der Waals surface area contributed by atoms with E-state index >= 15 is 0 Å². The predicted molar refractivity (Wildman–Crippen MR) is 168 cm³/mol. The lowest BCUT2D eigenvalue weighted by Crippen LogP contribution is -2.58. The molecule has 4 unspecified atom stereocenters. The van der Waals surface area contributed by atoms with E-state index in [0.29, 0.717) is 11.1 Å². The Labute approximate surface area is 262 Å². The summed E-state index contributed by atoms with van der Waals surface area (Å²) in [4.78, 5) is 81.2. The van der Waals surface area contributed by atoms with Gasteiger partial charge in [-0.25, -0.2) is 4.79 Å². The lowest BCUT2D eigenvalue weighted by molar-refractivity contribution is -0.143. The van der Waals surface area contributed by atoms with Gasteiger partial charge in [0.1, 0.15) is 18.1 Å². The minimum Gasteiger partial charge on any atom is -0.480 e. The molecular formula is C31H36N8O7. The molecule has 2 aromatic carbocycles. The Morgan fingerprint density at radius 1 is 0.674 bits per heavy atom. The normalized spacial score (nSPS) is 13.8. The SMILES string of the molecule is NC(=O)CCC(N)C(=O)NC(Cc1c[nH]c2ccccc12)C(=O)NC(Cc1c[nH]c2ccccc12)C(=O)NC(CC(N)=O)C(=O)O. The summed E-state index contributed by atoms with van der Waals surface area (Å²) in [5.74, 6) is -5.44. The van der Waals surface area contributed by atoms with Crippen molar-refractivity contribution in [3.8, 4) is 0 Å². The number of H-pyrrole nitrogens is 2. The van der Waals surface area contributed by atoms with Crippen LogP contribution in [0.3, 0.4) is 0 Å². The first-order valence-corrected chi connectivity index (χ1v) is 14.5. The van der Waals surface area contributed by atoms with Crippen molar-refractivity contribution in [2.24, 2.45) is 17.2 Å². The average Bonchev–Trinajstić information content (AvgIpc) is 3.62. The predicted octanol–water partition coefficient (Wildman–Crippen LogP) is -0.558. The molecule has 0 aliphatic heterocycles. The number of primary amides is 2. The summed E-state index contributed by atoms with van der Waals surface area (Å²) in [6.45, 7) is 0. The fraction of sp³-hybridized carbons (Fsp3) is 0.290. The molecule has 0 spiro atoms. The number of fused-ring (bicyclic) bond motifs is 2. The van der Waals surface area contributed by atoms with Crippen molar-refractivity contribution < 1.29 is 33.9 Å². The highest BCUT2D eigenvalue weighted by Gasteiger charge is 2.32. The molecule has 0 aliphatic carbocycles. The molecule has 46 heavy (non-hydrogen) atoms. The van der Waals surface area contributed by atoms with Crippen LogP contribution in [0.25, 0.3) is 21.8 Å². The Morgan fingerprint density at radius 2 is 1.13 bits per heavy atom. The summed E-state index contributed by atoms with van der Waals surface area (Å²) >= 11 is 0. The lowest BCUT2D eigenvalue weighted by Gasteiger charge is -2.25. The van der Waals surface area contributed by atoms with Crippen molar-refractivity contribution in [3.63, 3.8) is 0 Å².